The molecule has 2 aliphatic rings. The van der Waals surface area contributed by atoms with Crippen LogP contribution < -0.4 is 4.74 Å². The Bertz CT molecular complexity index is 1350. The van der Waals surface area contributed by atoms with Crippen LogP contribution in [0.5, 0.6) is 5.75 Å². The van der Waals surface area contributed by atoms with Crippen molar-refractivity contribution in [3.8, 4) is 5.75 Å². The molecule has 2 fully saturated rings. The summed E-state index contributed by atoms with van der Waals surface area (Å²) < 4.78 is 17.5. The number of benzene rings is 3. The molecule has 1 aliphatic heterocycles. The SMILES string of the molecule is COC(=O)c1cccc([C@@H](CCc2ccccc2)OC(=O)C2CCCCN2C(=O)C(Oc2ccccc2)C2CCCC2)c1. The highest BCUT2D eigenvalue weighted by molar-refractivity contribution is 5.90. The summed E-state index contributed by atoms with van der Waals surface area (Å²) in [5.41, 5.74) is 2.24. The van der Waals surface area contributed by atoms with Gasteiger partial charge >= 0.3 is 11.9 Å². The van der Waals surface area contributed by atoms with Crippen LogP contribution in [-0.4, -0.2) is 48.5 Å². The molecule has 3 aromatic rings. The fourth-order valence-corrected chi connectivity index (χ4v) is 6.30. The molecule has 0 N–H and O–H groups in total. The summed E-state index contributed by atoms with van der Waals surface area (Å²) in [6.07, 6.45) is 6.21. The smallest absolute Gasteiger partial charge is 0.337 e. The second kappa shape index (κ2) is 14.9. The van der Waals surface area contributed by atoms with E-state index < -0.39 is 30.2 Å². The molecule has 0 radical (unpaired) electrons. The lowest BCUT2D eigenvalue weighted by molar-refractivity contribution is -0.165. The van der Waals surface area contributed by atoms with Crippen LogP contribution in [0.3, 0.4) is 0 Å². The van der Waals surface area contributed by atoms with E-state index in [4.69, 9.17) is 14.2 Å². The van der Waals surface area contributed by atoms with E-state index in [2.05, 4.69) is 0 Å². The van der Waals surface area contributed by atoms with E-state index in [0.717, 1.165) is 49.7 Å². The number of likely N-dealkylation sites (tertiary alicyclic amines) is 1. The number of ether oxygens (including phenoxy) is 3. The van der Waals surface area contributed by atoms with E-state index in [1.807, 2.05) is 66.7 Å². The van der Waals surface area contributed by atoms with Gasteiger partial charge in [-0.2, -0.15) is 0 Å². The molecule has 7 heteroatoms. The van der Waals surface area contributed by atoms with Crippen LogP contribution in [0.25, 0.3) is 0 Å². The molecule has 2 unspecified atom stereocenters. The van der Waals surface area contributed by atoms with Crippen molar-refractivity contribution in [2.24, 2.45) is 5.92 Å². The van der Waals surface area contributed by atoms with Gasteiger partial charge in [-0.3, -0.25) is 4.79 Å². The van der Waals surface area contributed by atoms with Crippen molar-refractivity contribution in [3.63, 3.8) is 0 Å². The highest BCUT2D eigenvalue weighted by atomic mass is 16.5. The van der Waals surface area contributed by atoms with E-state index in [1.54, 1.807) is 23.1 Å². The number of amides is 1. The Morgan fingerprint density at radius 1 is 0.837 bits per heavy atom. The summed E-state index contributed by atoms with van der Waals surface area (Å²) in [5.74, 6) is -0.220. The van der Waals surface area contributed by atoms with Gasteiger partial charge < -0.3 is 19.1 Å². The van der Waals surface area contributed by atoms with E-state index in [9.17, 15) is 14.4 Å². The van der Waals surface area contributed by atoms with Gasteiger partial charge in [0.25, 0.3) is 5.91 Å². The number of hydrogen-bond donors (Lipinski definition) is 0. The Hall–Kier alpha value is -4.13. The average Bonchev–Trinajstić information content (AvgIpc) is 3.60. The first kappa shape index (κ1) is 30.3. The molecule has 1 saturated carbocycles. The first-order chi connectivity index (χ1) is 21.0. The molecule has 226 valence electrons. The fraction of sp³-hybridized carbons (Fsp3) is 0.417. The normalized spacial score (nSPS) is 18.4. The molecule has 1 aliphatic carbocycles. The molecule has 0 bridgehead atoms. The van der Waals surface area contributed by atoms with Crippen LogP contribution in [0.2, 0.25) is 0 Å². The fourth-order valence-electron chi connectivity index (χ4n) is 6.30. The quantitative estimate of drug-likeness (QED) is 0.234. The number of carbonyl (C=O) groups is 3. The van der Waals surface area contributed by atoms with Crippen molar-refractivity contribution in [1.29, 1.82) is 0 Å². The van der Waals surface area contributed by atoms with Gasteiger partial charge in [-0.15, -0.1) is 0 Å². The molecule has 1 heterocycles. The maximum atomic E-state index is 14.2. The summed E-state index contributed by atoms with van der Waals surface area (Å²) >= 11 is 0. The van der Waals surface area contributed by atoms with Gasteiger partial charge in [0.1, 0.15) is 17.9 Å². The number of piperidine rings is 1. The molecule has 3 aromatic carbocycles. The standard InChI is InChI=1S/C36H41NO6/c1-41-35(39)29-18-12-17-28(25-29)32(23-22-26-13-4-2-5-14-26)43-36(40)31-21-10-11-24-37(31)34(38)33(27-15-8-9-16-27)42-30-19-6-3-7-20-30/h2-7,12-14,17-20,25,27,31-33H,8-11,15-16,21-24H2,1H3/t31?,32-,33?/m1/s1. The molecule has 0 spiro atoms. The second-order valence-electron chi connectivity index (χ2n) is 11.5. The molecule has 43 heavy (non-hydrogen) atoms. The Balaban J connectivity index is 1.37. The van der Waals surface area contributed by atoms with E-state index >= 15 is 0 Å². The van der Waals surface area contributed by atoms with Crippen LogP contribution >= 0.6 is 0 Å². The summed E-state index contributed by atoms with van der Waals surface area (Å²) in [7, 11) is 1.34. The molecule has 7 nitrogen and oxygen atoms in total. The molecular formula is C36H41NO6. The van der Waals surface area contributed by atoms with Crippen molar-refractivity contribution in [3.05, 3.63) is 102 Å². The topological polar surface area (TPSA) is 82.1 Å². The van der Waals surface area contributed by atoms with Gasteiger partial charge in [0.15, 0.2) is 6.10 Å². The second-order valence-corrected chi connectivity index (χ2v) is 11.5. The minimum Gasteiger partial charge on any atom is -0.480 e. The Labute approximate surface area is 254 Å². The van der Waals surface area contributed by atoms with E-state index in [-0.39, 0.29) is 11.8 Å². The van der Waals surface area contributed by atoms with Crippen molar-refractivity contribution in [2.75, 3.05) is 13.7 Å². The van der Waals surface area contributed by atoms with Crippen LogP contribution in [0.4, 0.5) is 0 Å². The zero-order valence-corrected chi connectivity index (χ0v) is 24.9. The number of carbonyl (C=O) groups excluding carboxylic acids is 3. The molecule has 0 aromatic heterocycles. The molecular weight excluding hydrogens is 542 g/mol. The lowest BCUT2D eigenvalue weighted by atomic mass is 9.95. The summed E-state index contributed by atoms with van der Waals surface area (Å²) in [6, 6.07) is 25.8. The van der Waals surface area contributed by atoms with Gasteiger partial charge in [0, 0.05) is 12.5 Å². The number of esters is 2. The Morgan fingerprint density at radius 2 is 1.53 bits per heavy atom. The number of para-hydroxylation sites is 1. The highest BCUT2D eigenvalue weighted by Crippen LogP contribution is 2.33. The minimum absolute atomic E-state index is 0.117. The lowest BCUT2D eigenvalue weighted by Gasteiger charge is -2.38. The molecule has 5 rings (SSSR count). The van der Waals surface area contributed by atoms with E-state index in [0.29, 0.717) is 37.1 Å². The predicted molar refractivity (Wildman–Crippen MR) is 164 cm³/mol. The summed E-state index contributed by atoms with van der Waals surface area (Å²) in [5, 5.41) is 0. The number of nitrogens with zero attached hydrogens (tertiary/aromatic N) is 1. The lowest BCUT2D eigenvalue weighted by Crippen LogP contribution is -2.54. The molecule has 3 atom stereocenters. The maximum absolute atomic E-state index is 14.2. The Kier molecular flexibility index (Phi) is 10.5. The third-order valence-electron chi connectivity index (χ3n) is 8.61. The maximum Gasteiger partial charge on any atom is 0.337 e. The Morgan fingerprint density at radius 3 is 2.26 bits per heavy atom. The average molecular weight is 584 g/mol. The monoisotopic (exact) mass is 583 g/mol. The number of methoxy groups -OCH3 is 1. The van der Waals surface area contributed by atoms with Gasteiger partial charge in [-0.05, 0) is 80.3 Å². The number of rotatable bonds is 11. The number of hydrogen-bond acceptors (Lipinski definition) is 6. The zero-order chi connectivity index (χ0) is 30.0. The van der Waals surface area contributed by atoms with Gasteiger partial charge in [-0.25, -0.2) is 9.59 Å². The van der Waals surface area contributed by atoms with E-state index in [1.165, 1.54) is 7.11 Å². The largest absolute Gasteiger partial charge is 0.480 e. The van der Waals surface area contributed by atoms with Crippen LogP contribution in [0.1, 0.15) is 79.0 Å². The molecule has 1 amide bonds. The first-order valence-electron chi connectivity index (χ1n) is 15.5. The van der Waals surface area contributed by atoms with Crippen molar-refractivity contribution >= 4 is 17.8 Å². The van der Waals surface area contributed by atoms with Crippen molar-refractivity contribution in [1.82, 2.24) is 4.90 Å². The summed E-state index contributed by atoms with van der Waals surface area (Å²) in [6.45, 7) is 0.493. The van der Waals surface area contributed by atoms with Crippen molar-refractivity contribution in [2.45, 2.75) is 76.0 Å². The third kappa shape index (κ3) is 7.83. The van der Waals surface area contributed by atoms with Crippen LogP contribution in [0, 0.1) is 5.92 Å². The number of aryl methyl sites for hydroxylation is 1. The van der Waals surface area contributed by atoms with Crippen LogP contribution in [0.15, 0.2) is 84.9 Å². The predicted octanol–water partition coefficient (Wildman–Crippen LogP) is 6.71. The minimum atomic E-state index is -0.687. The van der Waals surface area contributed by atoms with Gasteiger partial charge in [0.05, 0.1) is 12.7 Å². The van der Waals surface area contributed by atoms with Crippen LogP contribution in [-0.2, 0) is 25.5 Å². The first-order valence-corrected chi connectivity index (χ1v) is 15.5. The zero-order valence-electron chi connectivity index (χ0n) is 24.9. The third-order valence-corrected chi connectivity index (χ3v) is 8.61. The van der Waals surface area contributed by atoms with Gasteiger partial charge in [0.2, 0.25) is 0 Å². The van der Waals surface area contributed by atoms with Crippen molar-refractivity contribution < 1.29 is 28.6 Å². The molecule has 1 saturated heterocycles. The highest BCUT2D eigenvalue weighted by Gasteiger charge is 2.41. The van der Waals surface area contributed by atoms with Gasteiger partial charge in [-0.1, -0.05) is 73.5 Å². The summed E-state index contributed by atoms with van der Waals surface area (Å²) in [4.78, 5) is 42.1.